The second-order valence-electron chi connectivity index (χ2n) is 4.01. The minimum atomic E-state index is -0.292. The Labute approximate surface area is 105 Å². The number of nitrogens with zero attached hydrogens (tertiary/aromatic N) is 1. The summed E-state index contributed by atoms with van der Waals surface area (Å²) in [6, 6.07) is 8.11. The number of aliphatic hydroxyl groups is 1. The maximum atomic E-state index is 9.09. The first kappa shape index (κ1) is 12.3. The number of nitrogens with one attached hydrogen (secondary N) is 2. The molecule has 3 N–H and O–H groups in total. The van der Waals surface area contributed by atoms with Crippen molar-refractivity contribution in [3.63, 3.8) is 0 Å². The molecular weight excluding hydrogens is 234 g/mol. The van der Waals surface area contributed by atoms with Gasteiger partial charge in [0.05, 0.1) is 11.6 Å². The molecule has 2 aromatic rings. The Morgan fingerprint density at radius 2 is 2.18 bits per heavy atom. The molecule has 2 rings (SSSR count). The lowest BCUT2D eigenvalue weighted by atomic mass is 10.2. The van der Waals surface area contributed by atoms with Gasteiger partial charge in [-0.15, -0.1) is 0 Å². The molecule has 0 radical (unpaired) electrons. The summed E-state index contributed by atoms with van der Waals surface area (Å²) in [5.41, 5.74) is 1.04. The Bertz CT molecular complexity index is 469. The number of aromatic nitrogens is 1. The summed E-state index contributed by atoms with van der Waals surface area (Å²) >= 11 is 1.49. The molecule has 0 aliphatic heterocycles. The van der Waals surface area contributed by atoms with Crippen LogP contribution in [0.1, 0.15) is 6.92 Å². The van der Waals surface area contributed by atoms with E-state index in [1.54, 1.807) is 6.92 Å². The second-order valence-corrected chi connectivity index (χ2v) is 4.78. The molecule has 0 bridgehead atoms. The van der Waals surface area contributed by atoms with Gasteiger partial charge in [0.1, 0.15) is 5.00 Å². The number of fused-ring (bicyclic) bond motifs is 1. The Balaban J connectivity index is 1.83. The van der Waals surface area contributed by atoms with Gasteiger partial charge in [0.2, 0.25) is 0 Å². The third kappa shape index (κ3) is 3.39. The zero-order valence-corrected chi connectivity index (χ0v) is 10.6. The maximum absolute atomic E-state index is 9.09. The monoisotopic (exact) mass is 251 g/mol. The number of rotatable bonds is 6. The first-order valence-corrected chi connectivity index (χ1v) is 6.52. The Kier molecular flexibility index (Phi) is 4.30. The highest BCUT2D eigenvalue weighted by atomic mass is 32.1. The van der Waals surface area contributed by atoms with Gasteiger partial charge in [0.25, 0.3) is 0 Å². The zero-order chi connectivity index (χ0) is 12.1. The molecule has 0 aliphatic carbocycles. The van der Waals surface area contributed by atoms with Crippen LogP contribution in [0.3, 0.4) is 0 Å². The molecular formula is C12H17N3OS. The molecule has 1 unspecified atom stereocenters. The number of aliphatic hydroxyl groups excluding tert-OH is 1. The fourth-order valence-corrected chi connectivity index (χ4v) is 2.38. The second kappa shape index (κ2) is 5.95. The van der Waals surface area contributed by atoms with Crippen LogP contribution in [-0.4, -0.2) is 35.2 Å². The van der Waals surface area contributed by atoms with Gasteiger partial charge in [0.15, 0.2) is 0 Å². The van der Waals surface area contributed by atoms with Crippen LogP contribution in [0.25, 0.3) is 10.9 Å². The van der Waals surface area contributed by atoms with E-state index < -0.39 is 0 Å². The molecule has 0 aliphatic rings. The highest BCUT2D eigenvalue weighted by molar-refractivity contribution is 7.11. The van der Waals surface area contributed by atoms with Crippen LogP contribution < -0.4 is 10.6 Å². The summed E-state index contributed by atoms with van der Waals surface area (Å²) < 4.78 is 4.36. The standard InChI is InChI=1S/C12H17N3OS/c1-9(16)8-13-6-7-14-12-10-4-2-3-5-11(10)15-17-12/h2-5,9,13-14,16H,6-8H2,1H3. The minimum Gasteiger partial charge on any atom is -0.392 e. The SMILES string of the molecule is CC(O)CNCCNc1snc2ccccc12. The van der Waals surface area contributed by atoms with Crippen molar-refractivity contribution in [2.75, 3.05) is 25.0 Å². The van der Waals surface area contributed by atoms with Crippen LogP contribution in [0, 0.1) is 0 Å². The maximum Gasteiger partial charge on any atom is 0.117 e. The third-order valence-electron chi connectivity index (χ3n) is 2.41. The van der Waals surface area contributed by atoms with E-state index in [-0.39, 0.29) is 6.10 Å². The van der Waals surface area contributed by atoms with Crippen molar-refractivity contribution in [1.29, 1.82) is 0 Å². The summed E-state index contributed by atoms with van der Waals surface area (Å²) in [5.74, 6) is 0. The van der Waals surface area contributed by atoms with Crippen LogP contribution >= 0.6 is 11.5 Å². The molecule has 0 saturated heterocycles. The van der Waals surface area contributed by atoms with Crippen LogP contribution in [0.2, 0.25) is 0 Å². The van der Waals surface area contributed by atoms with E-state index >= 15 is 0 Å². The van der Waals surface area contributed by atoms with Crippen molar-refractivity contribution in [3.05, 3.63) is 24.3 Å². The van der Waals surface area contributed by atoms with E-state index in [1.165, 1.54) is 16.9 Å². The van der Waals surface area contributed by atoms with Gasteiger partial charge in [-0.1, -0.05) is 12.1 Å². The van der Waals surface area contributed by atoms with E-state index in [2.05, 4.69) is 21.1 Å². The van der Waals surface area contributed by atoms with Gasteiger partial charge in [-0.3, -0.25) is 0 Å². The molecule has 17 heavy (non-hydrogen) atoms. The average molecular weight is 251 g/mol. The zero-order valence-electron chi connectivity index (χ0n) is 9.81. The van der Waals surface area contributed by atoms with Gasteiger partial charge in [-0.2, -0.15) is 4.37 Å². The van der Waals surface area contributed by atoms with E-state index in [4.69, 9.17) is 5.11 Å². The van der Waals surface area contributed by atoms with Gasteiger partial charge in [0, 0.05) is 25.0 Å². The highest BCUT2D eigenvalue weighted by Crippen LogP contribution is 2.26. The molecule has 1 atom stereocenters. The quantitative estimate of drug-likeness (QED) is 0.684. The molecule has 1 heterocycles. The summed E-state index contributed by atoms with van der Waals surface area (Å²) in [6.07, 6.45) is -0.292. The Morgan fingerprint density at radius 3 is 3.00 bits per heavy atom. The predicted molar refractivity (Wildman–Crippen MR) is 72.7 cm³/mol. The van der Waals surface area contributed by atoms with E-state index in [0.717, 1.165) is 23.6 Å². The van der Waals surface area contributed by atoms with Crippen LogP contribution in [-0.2, 0) is 0 Å². The number of anilines is 1. The topological polar surface area (TPSA) is 57.2 Å². The summed E-state index contributed by atoms with van der Waals surface area (Å²) in [4.78, 5) is 0. The first-order chi connectivity index (χ1) is 8.27. The fourth-order valence-electron chi connectivity index (χ4n) is 1.59. The van der Waals surface area contributed by atoms with Gasteiger partial charge >= 0.3 is 0 Å². The lowest BCUT2D eigenvalue weighted by molar-refractivity contribution is 0.192. The smallest absolute Gasteiger partial charge is 0.117 e. The fraction of sp³-hybridized carbons (Fsp3) is 0.417. The first-order valence-electron chi connectivity index (χ1n) is 5.74. The summed E-state index contributed by atoms with van der Waals surface area (Å²) in [6.45, 7) is 4.07. The van der Waals surface area contributed by atoms with Crippen molar-refractivity contribution >= 4 is 27.4 Å². The number of hydrogen-bond donors (Lipinski definition) is 3. The van der Waals surface area contributed by atoms with Crippen LogP contribution in [0.5, 0.6) is 0 Å². The normalized spacial score (nSPS) is 12.8. The third-order valence-corrected chi connectivity index (χ3v) is 3.25. The lowest BCUT2D eigenvalue weighted by Gasteiger charge is -2.07. The van der Waals surface area contributed by atoms with E-state index in [9.17, 15) is 0 Å². The Morgan fingerprint density at radius 1 is 1.35 bits per heavy atom. The average Bonchev–Trinajstić information content (AvgIpc) is 2.72. The van der Waals surface area contributed by atoms with Gasteiger partial charge < -0.3 is 15.7 Å². The number of benzene rings is 1. The Hall–Kier alpha value is -1.17. The largest absolute Gasteiger partial charge is 0.392 e. The molecule has 92 valence electrons. The molecule has 4 nitrogen and oxygen atoms in total. The van der Waals surface area contributed by atoms with Crippen molar-refractivity contribution < 1.29 is 5.11 Å². The summed E-state index contributed by atoms with van der Waals surface area (Å²) in [5, 5.41) is 17.9. The molecule has 0 saturated carbocycles. The molecule has 5 heteroatoms. The van der Waals surface area contributed by atoms with Crippen molar-refractivity contribution in [2.24, 2.45) is 0 Å². The van der Waals surface area contributed by atoms with E-state index in [0.29, 0.717) is 6.54 Å². The van der Waals surface area contributed by atoms with Crippen molar-refractivity contribution in [1.82, 2.24) is 9.69 Å². The molecule has 0 spiro atoms. The molecule has 0 amide bonds. The van der Waals surface area contributed by atoms with Gasteiger partial charge in [-0.25, -0.2) is 0 Å². The minimum absolute atomic E-state index is 0.292. The van der Waals surface area contributed by atoms with Crippen molar-refractivity contribution in [3.8, 4) is 0 Å². The van der Waals surface area contributed by atoms with E-state index in [1.807, 2.05) is 18.2 Å². The summed E-state index contributed by atoms with van der Waals surface area (Å²) in [7, 11) is 0. The highest BCUT2D eigenvalue weighted by Gasteiger charge is 2.03. The predicted octanol–water partition coefficient (Wildman–Crippen LogP) is 1.68. The molecule has 1 aromatic heterocycles. The van der Waals surface area contributed by atoms with Gasteiger partial charge in [-0.05, 0) is 30.6 Å². The lowest BCUT2D eigenvalue weighted by Crippen LogP contribution is -2.28. The number of hydrogen-bond acceptors (Lipinski definition) is 5. The van der Waals surface area contributed by atoms with Crippen LogP contribution in [0.15, 0.2) is 24.3 Å². The molecule has 1 aromatic carbocycles. The van der Waals surface area contributed by atoms with Crippen LogP contribution in [0.4, 0.5) is 5.00 Å². The van der Waals surface area contributed by atoms with Crippen molar-refractivity contribution in [2.45, 2.75) is 13.0 Å². The molecule has 0 fully saturated rings.